The van der Waals surface area contributed by atoms with Crippen LogP contribution >= 0.6 is 0 Å². The van der Waals surface area contributed by atoms with E-state index in [4.69, 9.17) is 4.42 Å². The highest BCUT2D eigenvalue weighted by Gasteiger charge is 2.22. The molecule has 0 saturated heterocycles. The molecule has 0 bridgehead atoms. The van der Waals surface area contributed by atoms with Gasteiger partial charge in [0.05, 0.1) is 4.90 Å². The number of hydrogen-bond donors (Lipinski definition) is 0. The van der Waals surface area contributed by atoms with Crippen molar-refractivity contribution in [1.82, 2.24) is 0 Å². The lowest BCUT2D eigenvalue weighted by Crippen LogP contribution is -2.01. The van der Waals surface area contributed by atoms with Gasteiger partial charge in [-0.25, -0.2) is 8.42 Å². The molecular formula is C13H12O4S. The quantitative estimate of drug-likeness (QED) is 0.799. The van der Waals surface area contributed by atoms with E-state index in [2.05, 4.69) is 0 Å². The molecule has 4 nitrogen and oxygen atoms in total. The molecule has 94 valence electrons. The Hall–Kier alpha value is -1.88. The molecule has 0 atom stereocenters. The highest BCUT2D eigenvalue weighted by atomic mass is 32.2. The number of hydrogen-bond acceptors (Lipinski definition) is 4. The lowest BCUT2D eigenvalue weighted by Gasteiger charge is -2.04. The molecule has 1 heterocycles. The largest absolute Gasteiger partial charge is 0.442 e. The summed E-state index contributed by atoms with van der Waals surface area (Å²) in [6.07, 6.45) is 0.473. The molecule has 1 aromatic heterocycles. The average Bonchev–Trinajstić information content (AvgIpc) is 2.76. The average molecular weight is 264 g/mol. The van der Waals surface area contributed by atoms with Gasteiger partial charge in [0.1, 0.15) is 0 Å². The minimum Gasteiger partial charge on any atom is -0.442 e. The van der Waals surface area contributed by atoms with E-state index in [9.17, 15) is 13.2 Å². The zero-order valence-corrected chi connectivity index (χ0v) is 10.8. The zero-order valence-electron chi connectivity index (χ0n) is 10.0. The minimum absolute atomic E-state index is 0.00190. The monoisotopic (exact) mass is 264 g/mol. The molecule has 2 aromatic rings. The number of aryl methyl sites for hydroxylation is 2. The van der Waals surface area contributed by atoms with Crippen molar-refractivity contribution in [3.8, 4) is 0 Å². The molecule has 0 aliphatic rings. The van der Waals surface area contributed by atoms with Crippen LogP contribution in [-0.2, 0) is 9.84 Å². The fraction of sp³-hybridized carbons (Fsp3) is 0.154. The third-order valence-electron chi connectivity index (χ3n) is 2.49. The maximum atomic E-state index is 12.3. The summed E-state index contributed by atoms with van der Waals surface area (Å²) in [6.45, 7) is 3.65. The van der Waals surface area contributed by atoms with E-state index in [0.29, 0.717) is 6.29 Å². The first kappa shape index (κ1) is 12.6. The van der Waals surface area contributed by atoms with Crippen molar-refractivity contribution in [2.24, 2.45) is 0 Å². The molecule has 0 aliphatic carbocycles. The predicted octanol–water partition coefficient (Wildman–Crippen LogP) is 2.54. The van der Waals surface area contributed by atoms with Gasteiger partial charge in [0.25, 0.3) is 0 Å². The van der Waals surface area contributed by atoms with Gasteiger partial charge in [-0.05, 0) is 49.2 Å². The summed E-state index contributed by atoms with van der Waals surface area (Å²) in [5.74, 6) is -0.00190. The van der Waals surface area contributed by atoms with Crippen LogP contribution in [-0.4, -0.2) is 14.7 Å². The van der Waals surface area contributed by atoms with Gasteiger partial charge < -0.3 is 4.42 Å². The second-order valence-electron chi connectivity index (χ2n) is 4.10. The van der Waals surface area contributed by atoms with Gasteiger partial charge in [-0.15, -0.1) is 0 Å². The van der Waals surface area contributed by atoms with Gasteiger partial charge >= 0.3 is 0 Å². The van der Waals surface area contributed by atoms with Gasteiger partial charge in [0.2, 0.25) is 14.9 Å². The molecular weight excluding hydrogens is 252 g/mol. The standard InChI is InChI=1S/C13H12O4S/c1-9-5-10(2)7-12(6-9)18(15,16)13-4-3-11(8-14)17-13/h3-8H,1-2H3. The molecule has 0 unspecified atom stereocenters. The van der Waals surface area contributed by atoms with Crippen LogP contribution in [0.25, 0.3) is 0 Å². The van der Waals surface area contributed by atoms with Crippen LogP contribution in [0.5, 0.6) is 0 Å². The minimum atomic E-state index is -3.70. The summed E-state index contributed by atoms with van der Waals surface area (Å²) in [4.78, 5) is 10.7. The first-order valence-electron chi connectivity index (χ1n) is 5.32. The number of carbonyl (C=O) groups excluding carboxylic acids is 1. The molecule has 0 amide bonds. The molecule has 0 spiro atoms. The summed E-state index contributed by atoms with van der Waals surface area (Å²) in [5, 5.41) is -0.213. The first-order chi connectivity index (χ1) is 8.43. The number of sulfone groups is 1. The van der Waals surface area contributed by atoms with Crippen LogP contribution in [0.3, 0.4) is 0 Å². The summed E-state index contributed by atoms with van der Waals surface area (Å²) in [7, 11) is -3.70. The molecule has 0 fully saturated rings. The lowest BCUT2D eigenvalue weighted by atomic mass is 10.2. The molecule has 0 aliphatic heterocycles. The van der Waals surface area contributed by atoms with Gasteiger partial charge in [-0.3, -0.25) is 4.79 Å². The van der Waals surface area contributed by atoms with Gasteiger partial charge in [-0.1, -0.05) is 6.07 Å². The van der Waals surface area contributed by atoms with Crippen molar-refractivity contribution >= 4 is 16.1 Å². The van der Waals surface area contributed by atoms with Crippen LogP contribution in [0.1, 0.15) is 21.7 Å². The smallest absolute Gasteiger partial charge is 0.239 e. The number of furan rings is 1. The van der Waals surface area contributed by atoms with E-state index in [-0.39, 0.29) is 15.7 Å². The Bertz CT molecular complexity index is 675. The topological polar surface area (TPSA) is 64.3 Å². The molecule has 1 aromatic carbocycles. The fourth-order valence-corrected chi connectivity index (χ4v) is 3.11. The van der Waals surface area contributed by atoms with E-state index in [1.54, 1.807) is 12.1 Å². The van der Waals surface area contributed by atoms with Crippen molar-refractivity contribution in [2.75, 3.05) is 0 Å². The van der Waals surface area contributed by atoms with Crippen molar-refractivity contribution in [2.45, 2.75) is 23.8 Å². The maximum Gasteiger partial charge on any atom is 0.239 e. The zero-order chi connectivity index (χ0) is 13.3. The summed E-state index contributed by atoms with van der Waals surface area (Å²) in [5.41, 5.74) is 1.71. The van der Waals surface area contributed by atoms with Crippen molar-refractivity contribution < 1.29 is 17.6 Å². The third-order valence-corrected chi connectivity index (χ3v) is 4.09. The van der Waals surface area contributed by atoms with E-state index < -0.39 is 9.84 Å². The molecule has 2 rings (SSSR count). The highest BCUT2D eigenvalue weighted by Crippen LogP contribution is 2.24. The fourth-order valence-electron chi connectivity index (χ4n) is 1.75. The lowest BCUT2D eigenvalue weighted by molar-refractivity contribution is 0.109. The number of aldehydes is 1. The highest BCUT2D eigenvalue weighted by molar-refractivity contribution is 7.91. The first-order valence-corrected chi connectivity index (χ1v) is 6.80. The van der Waals surface area contributed by atoms with Crippen LogP contribution < -0.4 is 0 Å². The Balaban J connectivity index is 2.57. The summed E-state index contributed by atoms with van der Waals surface area (Å²) in [6, 6.07) is 7.66. The Morgan fingerprint density at radius 2 is 1.67 bits per heavy atom. The molecule has 0 N–H and O–H groups in total. The maximum absolute atomic E-state index is 12.3. The Morgan fingerprint density at radius 3 is 2.17 bits per heavy atom. The third kappa shape index (κ3) is 2.22. The number of carbonyl (C=O) groups is 1. The summed E-state index contributed by atoms with van der Waals surface area (Å²) >= 11 is 0. The molecule has 18 heavy (non-hydrogen) atoms. The van der Waals surface area contributed by atoms with E-state index in [1.807, 2.05) is 19.9 Å². The van der Waals surface area contributed by atoms with Crippen LogP contribution in [0.2, 0.25) is 0 Å². The second kappa shape index (κ2) is 4.42. The number of benzene rings is 1. The van der Waals surface area contributed by atoms with Crippen molar-refractivity contribution in [3.05, 3.63) is 47.2 Å². The van der Waals surface area contributed by atoms with Gasteiger partial charge in [0, 0.05) is 0 Å². The Labute approximate surface area is 105 Å². The van der Waals surface area contributed by atoms with Crippen LogP contribution in [0.15, 0.2) is 44.7 Å². The molecule has 5 heteroatoms. The second-order valence-corrected chi connectivity index (χ2v) is 5.98. The van der Waals surface area contributed by atoms with Gasteiger partial charge in [0.15, 0.2) is 12.0 Å². The summed E-state index contributed by atoms with van der Waals surface area (Å²) < 4.78 is 29.5. The van der Waals surface area contributed by atoms with E-state index >= 15 is 0 Å². The van der Waals surface area contributed by atoms with Crippen LogP contribution in [0, 0.1) is 13.8 Å². The van der Waals surface area contributed by atoms with E-state index in [0.717, 1.165) is 11.1 Å². The van der Waals surface area contributed by atoms with Gasteiger partial charge in [-0.2, -0.15) is 0 Å². The Kier molecular flexibility index (Phi) is 3.09. The SMILES string of the molecule is Cc1cc(C)cc(S(=O)(=O)c2ccc(C=O)o2)c1. The number of rotatable bonds is 3. The normalized spacial score (nSPS) is 11.4. The predicted molar refractivity (Wildman–Crippen MR) is 65.5 cm³/mol. The molecule has 0 saturated carbocycles. The Morgan fingerprint density at radius 1 is 1.06 bits per heavy atom. The van der Waals surface area contributed by atoms with Crippen molar-refractivity contribution in [3.63, 3.8) is 0 Å². The van der Waals surface area contributed by atoms with Crippen molar-refractivity contribution in [1.29, 1.82) is 0 Å². The van der Waals surface area contributed by atoms with E-state index in [1.165, 1.54) is 12.1 Å². The van der Waals surface area contributed by atoms with Crippen LogP contribution in [0.4, 0.5) is 0 Å². The molecule has 0 radical (unpaired) electrons.